The lowest BCUT2D eigenvalue weighted by atomic mass is 10.1. The van der Waals surface area contributed by atoms with Gasteiger partial charge in [-0.15, -0.1) is 0 Å². The van der Waals surface area contributed by atoms with E-state index in [9.17, 15) is 4.79 Å². The van der Waals surface area contributed by atoms with Crippen LogP contribution in [0, 0.1) is 5.92 Å². The van der Waals surface area contributed by atoms with Crippen molar-refractivity contribution in [1.29, 1.82) is 0 Å². The molecule has 0 saturated carbocycles. The first kappa shape index (κ1) is 12.8. The normalized spacial score (nSPS) is 10.5. The van der Waals surface area contributed by atoms with Crippen LogP contribution in [-0.2, 0) is 0 Å². The molecule has 3 N–H and O–H groups in total. The minimum atomic E-state index is -0.144. The molecule has 0 bridgehead atoms. The van der Waals surface area contributed by atoms with Gasteiger partial charge in [-0.1, -0.05) is 25.4 Å². The van der Waals surface area contributed by atoms with Gasteiger partial charge in [-0.05, 0) is 30.5 Å². The summed E-state index contributed by atoms with van der Waals surface area (Å²) in [5, 5.41) is 3.37. The molecule has 16 heavy (non-hydrogen) atoms. The van der Waals surface area contributed by atoms with Crippen molar-refractivity contribution in [1.82, 2.24) is 5.32 Å². The number of rotatable bonds is 4. The second kappa shape index (κ2) is 5.75. The quantitative estimate of drug-likeness (QED) is 0.795. The maximum atomic E-state index is 11.7. The maximum absolute atomic E-state index is 11.7. The maximum Gasteiger partial charge on any atom is 0.253 e. The minimum Gasteiger partial charge on any atom is -0.398 e. The fourth-order valence-corrected chi connectivity index (χ4v) is 1.49. The fraction of sp³-hybridized carbons (Fsp3) is 0.417. The van der Waals surface area contributed by atoms with E-state index in [0.29, 0.717) is 28.7 Å². The van der Waals surface area contributed by atoms with Crippen LogP contribution in [0.5, 0.6) is 0 Å². The van der Waals surface area contributed by atoms with Crippen LogP contribution in [-0.4, -0.2) is 12.5 Å². The summed E-state index contributed by atoms with van der Waals surface area (Å²) in [7, 11) is 0. The summed E-state index contributed by atoms with van der Waals surface area (Å²) in [6, 6.07) is 4.89. The lowest BCUT2D eigenvalue weighted by Gasteiger charge is -2.09. The van der Waals surface area contributed by atoms with E-state index in [1.165, 1.54) is 0 Å². The molecule has 0 aliphatic heterocycles. The monoisotopic (exact) mass is 240 g/mol. The highest BCUT2D eigenvalue weighted by Crippen LogP contribution is 2.17. The number of halogens is 1. The molecular formula is C12H17ClN2O. The number of anilines is 1. The average molecular weight is 241 g/mol. The van der Waals surface area contributed by atoms with Crippen LogP contribution in [0.15, 0.2) is 18.2 Å². The summed E-state index contributed by atoms with van der Waals surface area (Å²) in [5.74, 6) is 0.428. The van der Waals surface area contributed by atoms with Gasteiger partial charge in [0.25, 0.3) is 5.91 Å². The lowest BCUT2D eigenvalue weighted by Crippen LogP contribution is -2.26. The second-order valence-corrected chi connectivity index (χ2v) is 4.61. The molecule has 0 atom stereocenters. The molecule has 0 aliphatic carbocycles. The van der Waals surface area contributed by atoms with E-state index >= 15 is 0 Å². The minimum absolute atomic E-state index is 0.144. The predicted octanol–water partition coefficient (Wildman–Crippen LogP) is 2.70. The number of carbonyl (C=O) groups is 1. The van der Waals surface area contributed by atoms with Crippen molar-refractivity contribution in [2.75, 3.05) is 12.3 Å². The molecule has 0 unspecified atom stereocenters. The van der Waals surface area contributed by atoms with Crippen molar-refractivity contribution >= 4 is 23.2 Å². The van der Waals surface area contributed by atoms with Crippen LogP contribution in [0.4, 0.5) is 5.69 Å². The number of carbonyl (C=O) groups excluding carboxylic acids is 1. The largest absolute Gasteiger partial charge is 0.398 e. The SMILES string of the molecule is CC(C)CCNC(=O)c1ccc(Cl)cc1N. The van der Waals surface area contributed by atoms with Gasteiger partial charge in [0.05, 0.1) is 5.56 Å². The van der Waals surface area contributed by atoms with Gasteiger partial charge in [0.2, 0.25) is 0 Å². The summed E-state index contributed by atoms with van der Waals surface area (Å²) < 4.78 is 0. The second-order valence-electron chi connectivity index (χ2n) is 4.17. The summed E-state index contributed by atoms with van der Waals surface area (Å²) in [6.45, 7) is 4.89. The molecule has 0 aromatic heterocycles. The van der Waals surface area contributed by atoms with Crippen LogP contribution in [0.1, 0.15) is 30.6 Å². The van der Waals surface area contributed by atoms with Crippen LogP contribution >= 0.6 is 11.6 Å². The van der Waals surface area contributed by atoms with Gasteiger partial charge in [0.15, 0.2) is 0 Å². The van der Waals surface area contributed by atoms with Crippen LogP contribution < -0.4 is 11.1 Å². The molecule has 0 radical (unpaired) electrons. The third-order valence-corrected chi connectivity index (χ3v) is 2.50. The zero-order valence-electron chi connectivity index (χ0n) is 9.59. The number of amides is 1. The molecule has 0 aliphatic rings. The molecule has 1 aromatic rings. The number of benzene rings is 1. The van der Waals surface area contributed by atoms with E-state index in [0.717, 1.165) is 6.42 Å². The lowest BCUT2D eigenvalue weighted by molar-refractivity contribution is 0.0953. The van der Waals surface area contributed by atoms with Gasteiger partial charge in [-0.2, -0.15) is 0 Å². The highest BCUT2D eigenvalue weighted by atomic mass is 35.5. The van der Waals surface area contributed by atoms with Crippen molar-refractivity contribution in [3.05, 3.63) is 28.8 Å². The standard InChI is InChI=1S/C12H17ClN2O/c1-8(2)5-6-15-12(16)10-4-3-9(13)7-11(10)14/h3-4,7-8H,5-6,14H2,1-2H3,(H,15,16). The average Bonchev–Trinajstić information content (AvgIpc) is 2.16. The number of nitrogens with one attached hydrogen (secondary N) is 1. The number of hydrogen-bond acceptors (Lipinski definition) is 2. The van der Waals surface area contributed by atoms with Crippen molar-refractivity contribution in [3.8, 4) is 0 Å². The van der Waals surface area contributed by atoms with Crippen molar-refractivity contribution < 1.29 is 4.79 Å². The molecule has 1 rings (SSSR count). The van der Waals surface area contributed by atoms with Crippen molar-refractivity contribution in [3.63, 3.8) is 0 Å². The molecule has 1 amide bonds. The molecule has 0 spiro atoms. The third-order valence-electron chi connectivity index (χ3n) is 2.27. The molecule has 4 heteroatoms. The van der Waals surface area contributed by atoms with Gasteiger partial charge in [0, 0.05) is 17.3 Å². The Balaban J connectivity index is 2.59. The van der Waals surface area contributed by atoms with Gasteiger partial charge < -0.3 is 11.1 Å². The van der Waals surface area contributed by atoms with Gasteiger partial charge in [-0.3, -0.25) is 4.79 Å². The van der Waals surface area contributed by atoms with Gasteiger partial charge in [0.1, 0.15) is 0 Å². The summed E-state index contributed by atoms with van der Waals surface area (Å²) >= 11 is 5.76. The molecular weight excluding hydrogens is 224 g/mol. The van der Waals surface area contributed by atoms with E-state index in [1.807, 2.05) is 0 Å². The zero-order chi connectivity index (χ0) is 12.1. The van der Waals surface area contributed by atoms with Crippen LogP contribution in [0.2, 0.25) is 5.02 Å². The van der Waals surface area contributed by atoms with E-state index < -0.39 is 0 Å². The highest BCUT2D eigenvalue weighted by molar-refractivity contribution is 6.31. The number of nitrogen functional groups attached to an aromatic ring is 1. The summed E-state index contributed by atoms with van der Waals surface area (Å²) in [4.78, 5) is 11.7. The van der Waals surface area contributed by atoms with E-state index in [1.54, 1.807) is 18.2 Å². The third kappa shape index (κ3) is 3.74. The Morgan fingerprint density at radius 1 is 1.50 bits per heavy atom. The topological polar surface area (TPSA) is 55.1 Å². The fourth-order valence-electron chi connectivity index (χ4n) is 1.31. The Morgan fingerprint density at radius 2 is 2.19 bits per heavy atom. The first-order valence-corrected chi connectivity index (χ1v) is 5.71. The Morgan fingerprint density at radius 3 is 2.75 bits per heavy atom. The molecule has 0 saturated heterocycles. The van der Waals surface area contributed by atoms with Gasteiger partial charge in [-0.25, -0.2) is 0 Å². The predicted molar refractivity (Wildman–Crippen MR) is 67.7 cm³/mol. The number of nitrogens with two attached hydrogens (primary N) is 1. The first-order valence-electron chi connectivity index (χ1n) is 5.34. The summed E-state index contributed by atoms with van der Waals surface area (Å²) in [6.07, 6.45) is 0.958. The zero-order valence-corrected chi connectivity index (χ0v) is 10.3. The van der Waals surface area contributed by atoms with Crippen molar-refractivity contribution in [2.24, 2.45) is 5.92 Å². The van der Waals surface area contributed by atoms with E-state index in [2.05, 4.69) is 19.2 Å². The molecule has 3 nitrogen and oxygen atoms in total. The molecule has 1 aromatic carbocycles. The smallest absolute Gasteiger partial charge is 0.253 e. The first-order chi connectivity index (χ1) is 7.50. The molecule has 88 valence electrons. The van der Waals surface area contributed by atoms with Crippen LogP contribution in [0.25, 0.3) is 0 Å². The van der Waals surface area contributed by atoms with Gasteiger partial charge >= 0.3 is 0 Å². The Bertz CT molecular complexity index is 377. The van der Waals surface area contributed by atoms with Crippen LogP contribution in [0.3, 0.4) is 0 Å². The Kier molecular flexibility index (Phi) is 4.62. The Labute approximate surface area is 101 Å². The van der Waals surface area contributed by atoms with E-state index in [4.69, 9.17) is 17.3 Å². The number of hydrogen-bond donors (Lipinski definition) is 2. The molecule has 0 fully saturated rings. The van der Waals surface area contributed by atoms with E-state index in [-0.39, 0.29) is 5.91 Å². The highest BCUT2D eigenvalue weighted by Gasteiger charge is 2.09. The summed E-state index contributed by atoms with van der Waals surface area (Å²) in [5.41, 5.74) is 6.60. The molecule has 0 heterocycles. The van der Waals surface area contributed by atoms with Crippen molar-refractivity contribution in [2.45, 2.75) is 20.3 Å². The Hall–Kier alpha value is -1.22.